The highest BCUT2D eigenvalue weighted by atomic mass is 16.5. The number of fused-ring (bicyclic) bond motifs is 5. The monoisotopic (exact) mass is 442 g/mol. The minimum Gasteiger partial charge on any atom is -0.480 e. The van der Waals surface area contributed by atoms with E-state index in [1.807, 2.05) is 31.2 Å². The molecule has 2 aromatic rings. The predicted octanol–water partition coefficient (Wildman–Crippen LogP) is 2.92. The SMILES string of the molecule is CCC1CN2C(C(=O)O)Cc3c([nH]c4ccccc34)C2CC1C(COC(C)=O)C(=O)OC. The number of carbonyl (C=O) groups excluding carboxylic acids is 2. The van der Waals surface area contributed by atoms with Crippen LogP contribution in [0, 0.1) is 17.8 Å². The number of rotatable bonds is 6. The number of esters is 2. The Bertz CT molecular complexity index is 1030. The molecule has 0 bridgehead atoms. The number of para-hydroxylation sites is 1. The van der Waals surface area contributed by atoms with E-state index in [2.05, 4.69) is 9.88 Å². The number of nitrogens with zero attached hydrogens (tertiary/aromatic N) is 1. The lowest BCUT2D eigenvalue weighted by molar-refractivity contribution is -0.160. The third-order valence-corrected chi connectivity index (χ3v) is 7.22. The van der Waals surface area contributed by atoms with Crippen molar-refractivity contribution in [2.24, 2.45) is 17.8 Å². The minimum atomic E-state index is -0.830. The Morgan fingerprint density at radius 2 is 2.03 bits per heavy atom. The molecule has 3 heterocycles. The average Bonchev–Trinajstić information content (AvgIpc) is 3.16. The summed E-state index contributed by atoms with van der Waals surface area (Å²) in [6.07, 6.45) is 1.82. The van der Waals surface area contributed by atoms with Gasteiger partial charge in [-0.3, -0.25) is 19.3 Å². The Labute approximate surface area is 186 Å². The number of H-pyrrole nitrogens is 1. The van der Waals surface area contributed by atoms with E-state index in [0.717, 1.165) is 28.6 Å². The number of aliphatic carboxylic acids is 1. The first-order valence-corrected chi connectivity index (χ1v) is 11.1. The summed E-state index contributed by atoms with van der Waals surface area (Å²) < 4.78 is 10.3. The molecule has 172 valence electrons. The van der Waals surface area contributed by atoms with Gasteiger partial charge in [0.2, 0.25) is 0 Å². The van der Waals surface area contributed by atoms with Crippen LogP contribution >= 0.6 is 0 Å². The number of benzene rings is 1. The molecule has 1 aromatic carbocycles. The van der Waals surface area contributed by atoms with E-state index in [9.17, 15) is 19.5 Å². The van der Waals surface area contributed by atoms with E-state index in [1.165, 1.54) is 14.0 Å². The van der Waals surface area contributed by atoms with E-state index >= 15 is 0 Å². The highest BCUT2D eigenvalue weighted by Crippen LogP contribution is 2.47. The van der Waals surface area contributed by atoms with Crippen molar-refractivity contribution in [1.82, 2.24) is 9.88 Å². The number of ether oxygens (including phenoxy) is 2. The Balaban J connectivity index is 1.75. The molecule has 0 aliphatic carbocycles. The summed E-state index contributed by atoms with van der Waals surface area (Å²) in [4.78, 5) is 42.0. The van der Waals surface area contributed by atoms with E-state index in [0.29, 0.717) is 19.4 Å². The Morgan fingerprint density at radius 3 is 2.69 bits per heavy atom. The van der Waals surface area contributed by atoms with Gasteiger partial charge in [0.1, 0.15) is 12.6 Å². The number of carboxylic acid groups (broad SMARTS) is 1. The lowest BCUT2D eigenvalue weighted by atomic mass is 9.70. The zero-order valence-corrected chi connectivity index (χ0v) is 18.7. The van der Waals surface area contributed by atoms with Crippen molar-refractivity contribution in [3.05, 3.63) is 35.5 Å². The Morgan fingerprint density at radius 1 is 1.28 bits per heavy atom. The lowest BCUT2D eigenvalue weighted by Gasteiger charge is -2.49. The van der Waals surface area contributed by atoms with Crippen LogP contribution in [0.1, 0.15) is 44.0 Å². The molecule has 2 aliphatic rings. The van der Waals surface area contributed by atoms with Crippen LogP contribution in [0.5, 0.6) is 0 Å². The van der Waals surface area contributed by atoms with Gasteiger partial charge in [0, 0.05) is 36.5 Å². The quantitative estimate of drug-likeness (QED) is 0.662. The fraction of sp³-hybridized carbons (Fsp3) is 0.542. The van der Waals surface area contributed by atoms with E-state index in [4.69, 9.17) is 9.47 Å². The summed E-state index contributed by atoms with van der Waals surface area (Å²) >= 11 is 0. The first kappa shape index (κ1) is 22.3. The Kier molecular flexibility index (Phi) is 6.24. The summed E-state index contributed by atoms with van der Waals surface area (Å²) in [6.45, 7) is 3.90. The molecule has 1 aromatic heterocycles. The van der Waals surface area contributed by atoms with Crippen LogP contribution in [0.2, 0.25) is 0 Å². The molecule has 8 nitrogen and oxygen atoms in total. The lowest BCUT2D eigenvalue weighted by Crippen LogP contribution is -2.55. The number of nitrogens with one attached hydrogen (secondary N) is 1. The van der Waals surface area contributed by atoms with Gasteiger partial charge >= 0.3 is 17.9 Å². The fourth-order valence-electron chi connectivity index (χ4n) is 5.66. The van der Waals surface area contributed by atoms with Gasteiger partial charge < -0.3 is 19.6 Å². The number of carbonyl (C=O) groups is 3. The highest BCUT2D eigenvalue weighted by Gasteiger charge is 2.49. The number of carboxylic acids is 1. The average molecular weight is 443 g/mol. The molecule has 1 fully saturated rings. The van der Waals surface area contributed by atoms with Gasteiger partial charge in [-0.2, -0.15) is 0 Å². The molecular weight excluding hydrogens is 412 g/mol. The maximum atomic E-state index is 12.7. The molecule has 0 spiro atoms. The molecule has 2 N–H and O–H groups in total. The van der Waals surface area contributed by atoms with Crippen molar-refractivity contribution in [3.8, 4) is 0 Å². The van der Waals surface area contributed by atoms with Crippen LogP contribution in [-0.4, -0.2) is 59.2 Å². The zero-order chi connectivity index (χ0) is 23.0. The number of aromatic amines is 1. The third kappa shape index (κ3) is 3.88. The highest BCUT2D eigenvalue weighted by molar-refractivity contribution is 5.87. The molecule has 32 heavy (non-hydrogen) atoms. The molecule has 8 heteroatoms. The molecule has 2 aliphatic heterocycles. The molecule has 5 atom stereocenters. The van der Waals surface area contributed by atoms with Crippen LogP contribution in [0.25, 0.3) is 10.9 Å². The molecule has 4 rings (SSSR count). The standard InChI is InChI=1S/C24H30N2O6/c1-4-14-11-26-20(9-16(14)18(24(30)31-3)12-32-13(2)27)22-17(10-21(26)23(28)29)15-7-5-6-8-19(15)25-22/h5-8,14,16,18,20-21,25H,4,9-12H2,1-3H3,(H,28,29). The summed E-state index contributed by atoms with van der Waals surface area (Å²) in [6, 6.07) is 7.16. The summed E-state index contributed by atoms with van der Waals surface area (Å²) in [5.74, 6) is -2.27. The summed E-state index contributed by atoms with van der Waals surface area (Å²) in [7, 11) is 1.34. The van der Waals surface area contributed by atoms with Crippen LogP contribution in [-0.2, 0) is 30.3 Å². The van der Waals surface area contributed by atoms with Crippen LogP contribution in [0.4, 0.5) is 0 Å². The van der Waals surface area contributed by atoms with Crippen LogP contribution in [0.3, 0.4) is 0 Å². The number of hydrogen-bond acceptors (Lipinski definition) is 6. The molecular formula is C24H30N2O6. The molecule has 0 saturated carbocycles. The molecule has 0 radical (unpaired) electrons. The number of hydrogen-bond donors (Lipinski definition) is 2. The van der Waals surface area contributed by atoms with Crippen LogP contribution < -0.4 is 0 Å². The normalized spacial score (nSPS) is 26.1. The van der Waals surface area contributed by atoms with Gasteiger partial charge in [0.15, 0.2) is 0 Å². The molecule has 1 saturated heterocycles. The van der Waals surface area contributed by atoms with Crippen molar-refractivity contribution < 1.29 is 29.0 Å². The number of piperidine rings is 1. The largest absolute Gasteiger partial charge is 0.480 e. The van der Waals surface area contributed by atoms with Gasteiger partial charge in [-0.25, -0.2) is 0 Å². The number of aromatic nitrogens is 1. The van der Waals surface area contributed by atoms with E-state index < -0.39 is 29.9 Å². The molecule has 0 amide bonds. The second-order valence-corrected chi connectivity index (χ2v) is 8.83. The maximum Gasteiger partial charge on any atom is 0.321 e. The first-order chi connectivity index (χ1) is 15.3. The van der Waals surface area contributed by atoms with E-state index in [-0.39, 0.29) is 24.5 Å². The van der Waals surface area contributed by atoms with Gasteiger partial charge in [-0.15, -0.1) is 0 Å². The van der Waals surface area contributed by atoms with Crippen molar-refractivity contribution in [2.45, 2.75) is 45.2 Å². The number of methoxy groups -OCH3 is 1. The van der Waals surface area contributed by atoms with Crippen molar-refractivity contribution in [2.75, 3.05) is 20.3 Å². The topological polar surface area (TPSA) is 109 Å². The first-order valence-electron chi connectivity index (χ1n) is 11.1. The van der Waals surface area contributed by atoms with Crippen molar-refractivity contribution >= 4 is 28.8 Å². The Hall–Kier alpha value is -2.87. The summed E-state index contributed by atoms with van der Waals surface area (Å²) in [5.41, 5.74) is 3.05. The fourth-order valence-corrected chi connectivity index (χ4v) is 5.66. The minimum absolute atomic E-state index is 0.0299. The van der Waals surface area contributed by atoms with Crippen LogP contribution in [0.15, 0.2) is 24.3 Å². The smallest absolute Gasteiger partial charge is 0.321 e. The van der Waals surface area contributed by atoms with E-state index in [1.54, 1.807) is 0 Å². The summed E-state index contributed by atoms with van der Waals surface area (Å²) in [5, 5.41) is 11.1. The predicted molar refractivity (Wildman–Crippen MR) is 117 cm³/mol. The van der Waals surface area contributed by atoms with Gasteiger partial charge in [0.25, 0.3) is 0 Å². The third-order valence-electron chi connectivity index (χ3n) is 7.22. The maximum absolute atomic E-state index is 12.7. The van der Waals surface area contributed by atoms with Crippen molar-refractivity contribution in [1.29, 1.82) is 0 Å². The van der Waals surface area contributed by atoms with Gasteiger partial charge in [-0.05, 0) is 29.9 Å². The molecule has 5 unspecified atom stereocenters. The van der Waals surface area contributed by atoms with Crippen molar-refractivity contribution in [3.63, 3.8) is 0 Å². The second kappa shape index (κ2) is 8.94. The van der Waals surface area contributed by atoms with Gasteiger partial charge in [0.05, 0.1) is 19.1 Å². The zero-order valence-electron chi connectivity index (χ0n) is 18.7. The van der Waals surface area contributed by atoms with Gasteiger partial charge in [-0.1, -0.05) is 31.5 Å². The second-order valence-electron chi connectivity index (χ2n) is 8.83.